The third kappa shape index (κ3) is 5.50. The zero-order valence-electron chi connectivity index (χ0n) is 20.1. The minimum atomic E-state index is -0.487. The number of hydrogen-bond acceptors (Lipinski definition) is 8. The predicted octanol–water partition coefficient (Wildman–Crippen LogP) is 6.22. The van der Waals surface area contributed by atoms with Gasteiger partial charge < -0.3 is 14.6 Å². The van der Waals surface area contributed by atoms with Gasteiger partial charge in [-0.2, -0.15) is 0 Å². The summed E-state index contributed by atoms with van der Waals surface area (Å²) in [6, 6.07) is 10.0. The predicted molar refractivity (Wildman–Crippen MR) is 144 cm³/mol. The summed E-state index contributed by atoms with van der Waals surface area (Å²) >= 11 is 4.31. The lowest BCUT2D eigenvalue weighted by Crippen LogP contribution is -2.16. The number of carbonyl (C=O) groups is 2. The number of anilines is 1. The Morgan fingerprint density at radius 2 is 1.86 bits per heavy atom. The highest BCUT2D eigenvalue weighted by Crippen LogP contribution is 2.36. The number of aryl methyl sites for hydroxylation is 1. The van der Waals surface area contributed by atoms with Crippen molar-refractivity contribution in [2.45, 2.75) is 31.8 Å². The molecule has 4 rings (SSSR count). The van der Waals surface area contributed by atoms with Crippen LogP contribution in [0.5, 0.6) is 0 Å². The van der Waals surface area contributed by atoms with Crippen LogP contribution in [0.25, 0.3) is 22.5 Å². The molecule has 10 heteroatoms. The maximum Gasteiger partial charge on any atom is 0.341 e. The quantitative estimate of drug-likeness (QED) is 0.217. The average molecular weight is 527 g/mol. The molecule has 0 unspecified atom stereocenters. The Hall–Kier alpha value is -2.95. The third-order valence-corrected chi connectivity index (χ3v) is 8.56. The van der Waals surface area contributed by atoms with Crippen molar-refractivity contribution >= 4 is 51.3 Å². The number of carbonyl (C=O) groups excluding carboxylic acids is 2. The number of aromatic nitrogens is 3. The van der Waals surface area contributed by atoms with Gasteiger partial charge in [-0.25, -0.2) is 4.79 Å². The number of hydrogen-bond donors (Lipinski definition) is 1. The number of esters is 1. The maximum atomic E-state index is 12.8. The van der Waals surface area contributed by atoms with Gasteiger partial charge in [0.1, 0.15) is 10.6 Å². The summed E-state index contributed by atoms with van der Waals surface area (Å²) in [5, 5.41) is 16.5. The number of thiophene rings is 2. The molecule has 182 valence electrons. The molecule has 1 aromatic carbocycles. The van der Waals surface area contributed by atoms with Crippen molar-refractivity contribution in [2.24, 2.45) is 7.05 Å². The highest BCUT2D eigenvalue weighted by atomic mass is 32.2. The van der Waals surface area contributed by atoms with Crippen molar-refractivity contribution in [1.82, 2.24) is 14.8 Å². The summed E-state index contributed by atoms with van der Waals surface area (Å²) in [5.74, 6) is 0.632. The standard InChI is InChI=1S/C25H26N4O3S3/c1-14(2)19-10-17(11-33-19)22-27-28-25(29(22)4)35-13-20(30)26-23-21(24(31)32-5)18(12-34-23)16-8-6-15(3)7-9-16/h6-12,14H,13H2,1-5H3,(H,26,30). The third-order valence-electron chi connectivity index (χ3n) is 5.41. The molecule has 0 fully saturated rings. The average Bonchev–Trinajstić information content (AvgIpc) is 3.56. The van der Waals surface area contributed by atoms with Gasteiger partial charge in [-0.15, -0.1) is 32.9 Å². The van der Waals surface area contributed by atoms with Gasteiger partial charge in [0.2, 0.25) is 5.91 Å². The van der Waals surface area contributed by atoms with E-state index in [4.69, 9.17) is 4.74 Å². The highest BCUT2D eigenvalue weighted by molar-refractivity contribution is 7.99. The summed E-state index contributed by atoms with van der Waals surface area (Å²) in [7, 11) is 3.23. The summed E-state index contributed by atoms with van der Waals surface area (Å²) in [6.07, 6.45) is 0. The van der Waals surface area contributed by atoms with Gasteiger partial charge in [-0.1, -0.05) is 55.4 Å². The molecule has 0 aliphatic rings. The van der Waals surface area contributed by atoms with E-state index >= 15 is 0 Å². The SMILES string of the molecule is COC(=O)c1c(-c2ccc(C)cc2)csc1NC(=O)CSc1nnc(-c2csc(C(C)C)c2)n1C. The van der Waals surface area contributed by atoms with Crippen LogP contribution in [0.2, 0.25) is 0 Å². The minimum absolute atomic E-state index is 0.130. The fourth-order valence-corrected chi connectivity index (χ4v) is 6.05. The summed E-state index contributed by atoms with van der Waals surface area (Å²) in [4.78, 5) is 26.6. The number of amides is 1. The van der Waals surface area contributed by atoms with E-state index in [1.165, 1.54) is 35.1 Å². The molecule has 0 radical (unpaired) electrons. The van der Waals surface area contributed by atoms with Crippen molar-refractivity contribution in [1.29, 1.82) is 0 Å². The van der Waals surface area contributed by atoms with Gasteiger partial charge in [0, 0.05) is 33.8 Å². The van der Waals surface area contributed by atoms with Crippen LogP contribution in [0.3, 0.4) is 0 Å². The molecule has 0 saturated heterocycles. The van der Waals surface area contributed by atoms with Crippen molar-refractivity contribution in [3.63, 3.8) is 0 Å². The first-order chi connectivity index (χ1) is 16.8. The van der Waals surface area contributed by atoms with Crippen LogP contribution in [0.4, 0.5) is 5.00 Å². The van der Waals surface area contributed by atoms with Crippen LogP contribution >= 0.6 is 34.4 Å². The smallest absolute Gasteiger partial charge is 0.341 e. The molecule has 4 aromatic rings. The van der Waals surface area contributed by atoms with E-state index in [-0.39, 0.29) is 11.7 Å². The Morgan fingerprint density at radius 3 is 2.51 bits per heavy atom. The lowest BCUT2D eigenvalue weighted by Gasteiger charge is -2.08. The molecule has 0 atom stereocenters. The van der Waals surface area contributed by atoms with Crippen LogP contribution in [0.15, 0.2) is 46.2 Å². The van der Waals surface area contributed by atoms with Crippen molar-refractivity contribution in [3.05, 3.63) is 57.1 Å². The van der Waals surface area contributed by atoms with Crippen LogP contribution in [0, 0.1) is 6.92 Å². The fraction of sp³-hybridized carbons (Fsp3) is 0.280. The molecule has 1 amide bonds. The van der Waals surface area contributed by atoms with E-state index in [1.807, 2.05) is 48.2 Å². The van der Waals surface area contributed by atoms with Crippen molar-refractivity contribution in [2.75, 3.05) is 18.2 Å². The van der Waals surface area contributed by atoms with E-state index in [0.29, 0.717) is 21.6 Å². The first-order valence-corrected chi connectivity index (χ1v) is 13.7. The monoisotopic (exact) mass is 526 g/mol. The molecule has 7 nitrogen and oxygen atoms in total. The maximum absolute atomic E-state index is 12.8. The zero-order valence-corrected chi connectivity index (χ0v) is 22.6. The second-order valence-electron chi connectivity index (χ2n) is 8.31. The highest BCUT2D eigenvalue weighted by Gasteiger charge is 2.23. The first-order valence-electron chi connectivity index (χ1n) is 11.0. The summed E-state index contributed by atoms with van der Waals surface area (Å²) in [6.45, 7) is 6.33. The molecule has 0 spiro atoms. The molecule has 0 aliphatic heterocycles. The van der Waals surface area contributed by atoms with E-state index in [0.717, 1.165) is 28.1 Å². The molecule has 3 aromatic heterocycles. The lowest BCUT2D eigenvalue weighted by molar-refractivity contribution is -0.113. The number of ether oxygens (including phenoxy) is 1. The van der Waals surface area contributed by atoms with E-state index in [9.17, 15) is 9.59 Å². The normalized spacial score (nSPS) is 11.1. The van der Waals surface area contributed by atoms with E-state index in [1.54, 1.807) is 11.3 Å². The second kappa shape index (κ2) is 10.8. The van der Waals surface area contributed by atoms with Gasteiger partial charge in [0.25, 0.3) is 0 Å². The van der Waals surface area contributed by atoms with E-state index in [2.05, 4.69) is 40.8 Å². The zero-order chi connectivity index (χ0) is 25.1. The second-order valence-corrected chi connectivity index (χ2v) is 11.1. The van der Waals surface area contributed by atoms with Crippen LogP contribution < -0.4 is 5.32 Å². The Bertz CT molecular complexity index is 1350. The van der Waals surface area contributed by atoms with Crippen LogP contribution in [0.1, 0.15) is 40.6 Å². The van der Waals surface area contributed by atoms with Gasteiger partial charge >= 0.3 is 5.97 Å². The largest absolute Gasteiger partial charge is 0.465 e. The Kier molecular flexibility index (Phi) is 7.73. The van der Waals surface area contributed by atoms with Gasteiger partial charge in [0.15, 0.2) is 11.0 Å². The Morgan fingerprint density at radius 1 is 1.11 bits per heavy atom. The molecule has 0 bridgehead atoms. The molecule has 35 heavy (non-hydrogen) atoms. The summed E-state index contributed by atoms with van der Waals surface area (Å²) < 4.78 is 6.89. The van der Waals surface area contributed by atoms with Gasteiger partial charge in [-0.05, 0) is 24.5 Å². The number of thioether (sulfide) groups is 1. The topological polar surface area (TPSA) is 86.1 Å². The number of benzene rings is 1. The lowest BCUT2D eigenvalue weighted by atomic mass is 10.0. The van der Waals surface area contributed by atoms with E-state index < -0.39 is 5.97 Å². The number of rotatable bonds is 8. The molecule has 3 heterocycles. The first kappa shape index (κ1) is 25.2. The number of methoxy groups -OCH3 is 1. The molecule has 1 N–H and O–H groups in total. The Labute approximate surface area is 216 Å². The Balaban J connectivity index is 1.47. The molecular formula is C25H26N4O3S3. The molecule has 0 aliphatic carbocycles. The van der Waals surface area contributed by atoms with Crippen molar-refractivity contribution in [3.8, 4) is 22.5 Å². The van der Waals surface area contributed by atoms with Crippen LogP contribution in [-0.4, -0.2) is 39.5 Å². The summed E-state index contributed by atoms with van der Waals surface area (Å²) in [5.41, 5.74) is 4.14. The fourth-order valence-electron chi connectivity index (χ4n) is 3.46. The van der Waals surface area contributed by atoms with Crippen molar-refractivity contribution < 1.29 is 14.3 Å². The number of nitrogens with one attached hydrogen (secondary N) is 1. The minimum Gasteiger partial charge on any atom is -0.465 e. The van der Waals surface area contributed by atoms with Gasteiger partial charge in [-0.3, -0.25) is 4.79 Å². The number of nitrogens with zero attached hydrogens (tertiary/aromatic N) is 3. The van der Waals surface area contributed by atoms with Gasteiger partial charge in [0.05, 0.1) is 12.9 Å². The van der Waals surface area contributed by atoms with Crippen LogP contribution in [-0.2, 0) is 16.6 Å². The molecule has 0 saturated carbocycles. The molecular weight excluding hydrogens is 501 g/mol.